The van der Waals surface area contributed by atoms with Gasteiger partial charge in [0.2, 0.25) is 0 Å². The van der Waals surface area contributed by atoms with Crippen LogP contribution >= 0.6 is 0 Å². The van der Waals surface area contributed by atoms with E-state index in [2.05, 4.69) is 0 Å². The highest BCUT2D eigenvalue weighted by Gasteiger charge is 2.05. The number of aliphatic hydroxyl groups is 1. The molecule has 0 rings (SSSR count). The molecule has 12 heavy (non-hydrogen) atoms. The molecule has 0 aromatic carbocycles. The zero-order valence-electron chi connectivity index (χ0n) is 8.45. The highest BCUT2D eigenvalue weighted by Crippen LogP contribution is 2.05. The summed E-state index contributed by atoms with van der Waals surface area (Å²) in [6, 6.07) is 0. The van der Waals surface area contributed by atoms with Crippen LogP contribution in [0.1, 0.15) is 34.1 Å². The summed E-state index contributed by atoms with van der Waals surface area (Å²) in [4.78, 5) is 0. The SMILES string of the molecule is CC(C)O/C=C/CC(O)C(C)C. The predicted molar refractivity (Wildman–Crippen MR) is 50.8 cm³/mol. The van der Waals surface area contributed by atoms with E-state index in [-0.39, 0.29) is 12.2 Å². The molecule has 0 amide bonds. The maximum atomic E-state index is 9.38. The second kappa shape index (κ2) is 6.06. The van der Waals surface area contributed by atoms with Crippen LogP contribution in [0.4, 0.5) is 0 Å². The maximum absolute atomic E-state index is 9.38. The van der Waals surface area contributed by atoms with Crippen molar-refractivity contribution < 1.29 is 9.84 Å². The van der Waals surface area contributed by atoms with Crippen LogP contribution in [0.3, 0.4) is 0 Å². The molecule has 2 nitrogen and oxygen atoms in total. The van der Waals surface area contributed by atoms with E-state index < -0.39 is 0 Å². The Labute approximate surface area is 75.2 Å². The Hall–Kier alpha value is -0.500. The average Bonchev–Trinajstić information content (AvgIpc) is 1.97. The first-order valence-corrected chi connectivity index (χ1v) is 4.52. The van der Waals surface area contributed by atoms with Crippen molar-refractivity contribution in [3.05, 3.63) is 12.3 Å². The van der Waals surface area contributed by atoms with Crippen molar-refractivity contribution in [1.29, 1.82) is 0 Å². The van der Waals surface area contributed by atoms with Gasteiger partial charge in [0.25, 0.3) is 0 Å². The van der Waals surface area contributed by atoms with Crippen LogP contribution in [0.2, 0.25) is 0 Å². The van der Waals surface area contributed by atoms with E-state index in [9.17, 15) is 5.11 Å². The molecule has 0 saturated heterocycles. The normalized spacial score (nSPS) is 14.6. The lowest BCUT2D eigenvalue weighted by molar-refractivity contribution is 0.125. The van der Waals surface area contributed by atoms with Gasteiger partial charge in [0.05, 0.1) is 18.5 Å². The first-order valence-electron chi connectivity index (χ1n) is 4.52. The second-order valence-electron chi connectivity index (χ2n) is 3.60. The third-order valence-corrected chi connectivity index (χ3v) is 1.59. The minimum absolute atomic E-state index is 0.220. The van der Waals surface area contributed by atoms with Gasteiger partial charge in [0.1, 0.15) is 0 Å². The second-order valence-corrected chi connectivity index (χ2v) is 3.60. The van der Waals surface area contributed by atoms with Crippen molar-refractivity contribution in [1.82, 2.24) is 0 Å². The van der Waals surface area contributed by atoms with E-state index >= 15 is 0 Å². The Kier molecular flexibility index (Phi) is 5.81. The minimum Gasteiger partial charge on any atom is -0.499 e. The Morgan fingerprint density at radius 1 is 1.25 bits per heavy atom. The van der Waals surface area contributed by atoms with E-state index in [1.54, 1.807) is 6.26 Å². The smallest absolute Gasteiger partial charge is 0.0922 e. The number of rotatable bonds is 5. The summed E-state index contributed by atoms with van der Waals surface area (Å²) < 4.78 is 5.18. The highest BCUT2D eigenvalue weighted by molar-refractivity contribution is 4.79. The summed E-state index contributed by atoms with van der Waals surface area (Å²) in [5, 5.41) is 9.38. The van der Waals surface area contributed by atoms with Crippen molar-refractivity contribution in [2.45, 2.75) is 46.3 Å². The monoisotopic (exact) mass is 172 g/mol. The summed E-state index contributed by atoms with van der Waals surface area (Å²) in [5.41, 5.74) is 0. The van der Waals surface area contributed by atoms with Crippen molar-refractivity contribution in [3.63, 3.8) is 0 Å². The summed E-state index contributed by atoms with van der Waals surface area (Å²) in [7, 11) is 0. The van der Waals surface area contributed by atoms with E-state index in [0.29, 0.717) is 12.3 Å². The molecule has 0 aliphatic carbocycles. The lowest BCUT2D eigenvalue weighted by Crippen LogP contribution is -2.12. The number of hydrogen-bond acceptors (Lipinski definition) is 2. The molecule has 0 spiro atoms. The first kappa shape index (κ1) is 11.5. The van der Waals surface area contributed by atoms with Gasteiger partial charge in [-0.25, -0.2) is 0 Å². The van der Waals surface area contributed by atoms with Gasteiger partial charge in [-0.05, 0) is 32.3 Å². The molecule has 1 unspecified atom stereocenters. The fourth-order valence-corrected chi connectivity index (χ4v) is 0.680. The molecule has 0 aromatic rings. The van der Waals surface area contributed by atoms with Gasteiger partial charge in [-0.3, -0.25) is 0 Å². The quantitative estimate of drug-likeness (QED) is 0.645. The molecule has 0 fully saturated rings. The molecule has 72 valence electrons. The lowest BCUT2D eigenvalue weighted by Gasteiger charge is -2.11. The summed E-state index contributed by atoms with van der Waals surface area (Å²) in [5.74, 6) is 0.314. The summed E-state index contributed by atoms with van der Waals surface area (Å²) in [6.45, 7) is 7.95. The Morgan fingerprint density at radius 3 is 2.25 bits per heavy atom. The van der Waals surface area contributed by atoms with Crippen LogP contribution in [0.5, 0.6) is 0 Å². The standard InChI is InChI=1S/C10H20O2/c1-8(2)10(11)6-5-7-12-9(3)4/h5,7-11H,6H2,1-4H3/b7-5+. The van der Waals surface area contributed by atoms with Gasteiger partial charge in [0.15, 0.2) is 0 Å². The molecule has 0 bridgehead atoms. The zero-order valence-corrected chi connectivity index (χ0v) is 8.45. The zero-order chi connectivity index (χ0) is 9.56. The topological polar surface area (TPSA) is 29.5 Å². The highest BCUT2D eigenvalue weighted by atomic mass is 16.5. The average molecular weight is 172 g/mol. The summed E-state index contributed by atoms with van der Waals surface area (Å²) in [6.07, 6.45) is 4.17. The van der Waals surface area contributed by atoms with Gasteiger partial charge in [-0.2, -0.15) is 0 Å². The van der Waals surface area contributed by atoms with Crippen LogP contribution in [-0.2, 0) is 4.74 Å². The number of hydrogen-bond donors (Lipinski definition) is 1. The van der Waals surface area contributed by atoms with Crippen LogP contribution in [0.15, 0.2) is 12.3 Å². The van der Waals surface area contributed by atoms with Crippen molar-refractivity contribution >= 4 is 0 Å². The van der Waals surface area contributed by atoms with E-state index in [0.717, 1.165) is 0 Å². The Bertz CT molecular complexity index is 128. The van der Waals surface area contributed by atoms with Gasteiger partial charge in [0, 0.05) is 0 Å². The molecular weight excluding hydrogens is 152 g/mol. The fraction of sp³-hybridized carbons (Fsp3) is 0.800. The Balaban J connectivity index is 3.46. The molecular formula is C10H20O2. The molecule has 1 N–H and O–H groups in total. The van der Waals surface area contributed by atoms with Crippen LogP contribution in [-0.4, -0.2) is 17.3 Å². The summed E-state index contributed by atoms with van der Waals surface area (Å²) >= 11 is 0. The van der Waals surface area contributed by atoms with E-state index in [1.165, 1.54) is 0 Å². The molecule has 1 atom stereocenters. The molecule has 0 heterocycles. The molecule has 0 aromatic heterocycles. The minimum atomic E-state index is -0.253. The molecule has 0 aliphatic heterocycles. The molecule has 0 radical (unpaired) electrons. The van der Waals surface area contributed by atoms with E-state index in [1.807, 2.05) is 33.8 Å². The predicted octanol–water partition coefficient (Wildman–Crippen LogP) is 2.33. The van der Waals surface area contributed by atoms with Gasteiger partial charge >= 0.3 is 0 Å². The van der Waals surface area contributed by atoms with Gasteiger partial charge in [-0.1, -0.05) is 13.8 Å². The molecule has 0 saturated carbocycles. The maximum Gasteiger partial charge on any atom is 0.0922 e. The van der Waals surface area contributed by atoms with Crippen LogP contribution in [0, 0.1) is 5.92 Å². The van der Waals surface area contributed by atoms with Crippen LogP contribution in [0.25, 0.3) is 0 Å². The third-order valence-electron chi connectivity index (χ3n) is 1.59. The van der Waals surface area contributed by atoms with Crippen LogP contribution < -0.4 is 0 Å². The Morgan fingerprint density at radius 2 is 1.83 bits per heavy atom. The number of ether oxygens (including phenoxy) is 1. The van der Waals surface area contributed by atoms with Crippen molar-refractivity contribution in [2.24, 2.45) is 5.92 Å². The number of aliphatic hydroxyl groups excluding tert-OH is 1. The van der Waals surface area contributed by atoms with Crippen molar-refractivity contribution in [2.75, 3.05) is 0 Å². The van der Waals surface area contributed by atoms with E-state index in [4.69, 9.17) is 4.74 Å². The first-order chi connectivity index (χ1) is 5.54. The third kappa shape index (κ3) is 6.23. The van der Waals surface area contributed by atoms with Crippen molar-refractivity contribution in [3.8, 4) is 0 Å². The van der Waals surface area contributed by atoms with Gasteiger partial charge in [-0.15, -0.1) is 0 Å². The van der Waals surface area contributed by atoms with Gasteiger partial charge < -0.3 is 9.84 Å². The molecule has 0 aliphatic rings. The lowest BCUT2D eigenvalue weighted by atomic mass is 10.1. The largest absolute Gasteiger partial charge is 0.499 e. The fourth-order valence-electron chi connectivity index (χ4n) is 0.680. The molecule has 2 heteroatoms.